The fourth-order valence-corrected chi connectivity index (χ4v) is 2.77. The van der Waals surface area contributed by atoms with Crippen LogP contribution in [0.4, 0.5) is 0 Å². The number of rotatable bonds is 8. The SMILES string of the molecule is CCN(CC)CC(C)(C)COC(=O)c1ccc(-c2ccc(Cl)cc2)o1.Cl. The standard InChI is InChI=1S/C20H26ClNO3.ClH/c1-5-22(6-2)13-20(3,4)14-24-19(23)18-12-11-17(25-18)15-7-9-16(21)10-8-15;/h7-12H,5-6,13-14H2,1-4H3;1H. The summed E-state index contributed by atoms with van der Waals surface area (Å²) in [5, 5.41) is 0.658. The van der Waals surface area contributed by atoms with Gasteiger partial charge in [0.25, 0.3) is 0 Å². The Balaban J connectivity index is 0.00000338. The fourth-order valence-electron chi connectivity index (χ4n) is 2.65. The number of nitrogens with zero attached hydrogens (tertiary/aromatic N) is 1. The summed E-state index contributed by atoms with van der Waals surface area (Å²) < 4.78 is 11.1. The number of hydrogen-bond acceptors (Lipinski definition) is 4. The van der Waals surface area contributed by atoms with Crippen LogP contribution in [0.5, 0.6) is 0 Å². The molecule has 0 atom stereocenters. The van der Waals surface area contributed by atoms with Crippen LogP contribution in [0.3, 0.4) is 0 Å². The minimum atomic E-state index is -0.437. The summed E-state index contributed by atoms with van der Waals surface area (Å²) in [6, 6.07) is 10.7. The van der Waals surface area contributed by atoms with E-state index >= 15 is 0 Å². The van der Waals surface area contributed by atoms with Crippen LogP contribution < -0.4 is 0 Å². The first-order valence-electron chi connectivity index (χ1n) is 8.60. The van der Waals surface area contributed by atoms with Crippen LogP contribution in [0, 0.1) is 5.41 Å². The number of esters is 1. The highest BCUT2D eigenvalue weighted by Gasteiger charge is 2.24. The molecule has 1 heterocycles. The van der Waals surface area contributed by atoms with Crippen molar-refractivity contribution in [1.82, 2.24) is 4.90 Å². The smallest absolute Gasteiger partial charge is 0.374 e. The number of hydrogen-bond donors (Lipinski definition) is 0. The monoisotopic (exact) mass is 399 g/mol. The maximum absolute atomic E-state index is 12.3. The lowest BCUT2D eigenvalue weighted by Crippen LogP contribution is -2.37. The molecular weight excluding hydrogens is 373 g/mol. The Morgan fingerprint density at radius 3 is 2.31 bits per heavy atom. The van der Waals surface area contributed by atoms with Gasteiger partial charge in [-0.05, 0) is 49.5 Å². The van der Waals surface area contributed by atoms with Crippen molar-refractivity contribution in [2.45, 2.75) is 27.7 Å². The molecule has 0 unspecified atom stereocenters. The third kappa shape index (κ3) is 6.35. The first-order valence-corrected chi connectivity index (χ1v) is 8.97. The number of halogens is 2. The van der Waals surface area contributed by atoms with Crippen LogP contribution in [0.1, 0.15) is 38.2 Å². The van der Waals surface area contributed by atoms with Crippen molar-refractivity contribution in [2.24, 2.45) is 5.41 Å². The zero-order valence-electron chi connectivity index (χ0n) is 15.8. The molecule has 2 rings (SSSR count). The van der Waals surface area contributed by atoms with Crippen LogP contribution in [-0.4, -0.2) is 37.1 Å². The molecule has 4 nitrogen and oxygen atoms in total. The van der Waals surface area contributed by atoms with Crippen molar-refractivity contribution in [2.75, 3.05) is 26.2 Å². The summed E-state index contributed by atoms with van der Waals surface area (Å²) in [4.78, 5) is 14.6. The first-order chi connectivity index (χ1) is 11.8. The summed E-state index contributed by atoms with van der Waals surface area (Å²) in [5.74, 6) is 0.391. The number of furan rings is 1. The largest absolute Gasteiger partial charge is 0.459 e. The van der Waals surface area contributed by atoms with Crippen molar-refractivity contribution in [3.63, 3.8) is 0 Å². The van der Waals surface area contributed by atoms with Crippen molar-refractivity contribution < 1.29 is 13.9 Å². The third-order valence-corrected chi connectivity index (χ3v) is 4.33. The van der Waals surface area contributed by atoms with Gasteiger partial charge in [0.15, 0.2) is 0 Å². The van der Waals surface area contributed by atoms with Crippen molar-refractivity contribution in [3.05, 3.63) is 47.2 Å². The molecule has 0 saturated carbocycles. The Morgan fingerprint density at radius 2 is 1.73 bits per heavy atom. The Kier molecular flexibility index (Phi) is 8.68. The van der Waals surface area contributed by atoms with E-state index in [2.05, 4.69) is 32.6 Å². The van der Waals surface area contributed by atoms with E-state index in [0.717, 1.165) is 25.2 Å². The molecule has 0 aliphatic rings. The van der Waals surface area contributed by atoms with Crippen LogP contribution >= 0.6 is 24.0 Å². The molecule has 0 spiro atoms. The van der Waals surface area contributed by atoms with Crippen molar-refractivity contribution >= 4 is 30.0 Å². The topological polar surface area (TPSA) is 42.7 Å². The van der Waals surface area contributed by atoms with Gasteiger partial charge in [0.05, 0.1) is 6.61 Å². The van der Waals surface area contributed by atoms with Crippen LogP contribution in [0.25, 0.3) is 11.3 Å². The molecule has 144 valence electrons. The lowest BCUT2D eigenvalue weighted by atomic mass is 9.94. The summed E-state index contributed by atoms with van der Waals surface area (Å²) in [5.41, 5.74) is 0.748. The molecule has 6 heteroatoms. The second-order valence-electron chi connectivity index (χ2n) is 6.87. The Bertz CT molecular complexity index is 691. The summed E-state index contributed by atoms with van der Waals surface area (Å²) in [7, 11) is 0. The quantitative estimate of drug-likeness (QED) is 0.545. The Labute approximate surface area is 166 Å². The van der Waals surface area contributed by atoms with Crippen LogP contribution in [0.15, 0.2) is 40.8 Å². The van der Waals surface area contributed by atoms with Gasteiger partial charge in [-0.2, -0.15) is 0 Å². The van der Waals surface area contributed by atoms with Crippen molar-refractivity contribution in [1.29, 1.82) is 0 Å². The number of benzene rings is 1. The van der Waals surface area contributed by atoms with Gasteiger partial charge < -0.3 is 14.1 Å². The molecule has 0 radical (unpaired) electrons. The zero-order chi connectivity index (χ0) is 18.4. The Hall–Kier alpha value is -1.49. The minimum absolute atomic E-state index is 0. The van der Waals surface area contributed by atoms with Gasteiger partial charge in [0.2, 0.25) is 5.76 Å². The zero-order valence-corrected chi connectivity index (χ0v) is 17.3. The minimum Gasteiger partial charge on any atom is -0.459 e. The van der Waals surface area contributed by atoms with Gasteiger partial charge in [-0.1, -0.05) is 39.3 Å². The molecule has 0 saturated heterocycles. The molecule has 1 aromatic heterocycles. The molecule has 0 aliphatic heterocycles. The number of carbonyl (C=O) groups excluding carboxylic acids is 1. The third-order valence-electron chi connectivity index (χ3n) is 4.08. The first kappa shape index (κ1) is 22.6. The summed E-state index contributed by atoms with van der Waals surface area (Å²) in [6.45, 7) is 11.6. The summed E-state index contributed by atoms with van der Waals surface area (Å²) >= 11 is 5.89. The lowest BCUT2D eigenvalue weighted by molar-refractivity contribution is 0.0243. The molecule has 0 amide bonds. The van der Waals surface area contributed by atoms with Gasteiger partial charge in [0.1, 0.15) is 5.76 Å². The lowest BCUT2D eigenvalue weighted by Gasteiger charge is -2.30. The highest BCUT2D eigenvalue weighted by Crippen LogP contribution is 2.25. The number of carbonyl (C=O) groups is 1. The highest BCUT2D eigenvalue weighted by molar-refractivity contribution is 6.30. The normalized spacial score (nSPS) is 11.3. The second-order valence-corrected chi connectivity index (χ2v) is 7.31. The molecular formula is C20H27Cl2NO3. The predicted molar refractivity (Wildman–Crippen MR) is 108 cm³/mol. The van der Waals surface area contributed by atoms with Gasteiger partial charge in [0, 0.05) is 22.5 Å². The van der Waals surface area contributed by atoms with E-state index in [1.807, 2.05) is 12.1 Å². The van der Waals surface area contributed by atoms with Crippen molar-refractivity contribution in [3.8, 4) is 11.3 Å². The second kappa shape index (κ2) is 10.0. The highest BCUT2D eigenvalue weighted by atomic mass is 35.5. The van der Waals surface area contributed by atoms with Gasteiger partial charge in [-0.25, -0.2) is 4.79 Å². The molecule has 0 fully saturated rings. The van der Waals surface area contributed by atoms with E-state index in [-0.39, 0.29) is 23.6 Å². The Morgan fingerprint density at radius 1 is 1.12 bits per heavy atom. The van der Waals surface area contributed by atoms with E-state index in [4.69, 9.17) is 20.8 Å². The van der Waals surface area contributed by atoms with E-state index in [9.17, 15) is 4.79 Å². The van der Waals surface area contributed by atoms with Crippen LogP contribution in [-0.2, 0) is 4.74 Å². The molecule has 1 aromatic carbocycles. The van der Waals surface area contributed by atoms with E-state index in [0.29, 0.717) is 17.4 Å². The van der Waals surface area contributed by atoms with E-state index in [1.54, 1.807) is 24.3 Å². The fraction of sp³-hybridized carbons (Fsp3) is 0.450. The number of ether oxygens (including phenoxy) is 1. The van der Waals surface area contributed by atoms with Gasteiger partial charge >= 0.3 is 5.97 Å². The van der Waals surface area contributed by atoms with E-state index in [1.165, 1.54) is 0 Å². The summed E-state index contributed by atoms with van der Waals surface area (Å²) in [6.07, 6.45) is 0. The van der Waals surface area contributed by atoms with Crippen LogP contribution in [0.2, 0.25) is 5.02 Å². The maximum Gasteiger partial charge on any atom is 0.374 e. The molecule has 26 heavy (non-hydrogen) atoms. The molecule has 0 N–H and O–H groups in total. The predicted octanol–water partition coefficient (Wildman–Crippen LogP) is 5.55. The average Bonchev–Trinajstić information content (AvgIpc) is 3.08. The van der Waals surface area contributed by atoms with E-state index < -0.39 is 5.97 Å². The maximum atomic E-state index is 12.3. The molecule has 0 bridgehead atoms. The van der Waals surface area contributed by atoms with Gasteiger partial charge in [-0.3, -0.25) is 0 Å². The molecule has 0 aliphatic carbocycles. The molecule has 2 aromatic rings. The van der Waals surface area contributed by atoms with Gasteiger partial charge in [-0.15, -0.1) is 12.4 Å². The average molecular weight is 400 g/mol.